The molecule has 0 bridgehead atoms. The van der Waals surface area contributed by atoms with Gasteiger partial charge in [-0.25, -0.2) is 4.39 Å². The lowest BCUT2D eigenvalue weighted by Gasteiger charge is -2.40. The number of ether oxygens (including phenoxy) is 3. The second-order valence-corrected chi connectivity index (χ2v) is 9.78. The highest BCUT2D eigenvalue weighted by molar-refractivity contribution is 6.31. The topological polar surface area (TPSA) is 109 Å². The monoisotopic (exact) mass is 530 g/mol. The largest absolute Gasteiger partial charge is 0.491 e. The Labute approximate surface area is 218 Å². The Bertz CT molecular complexity index is 1240. The van der Waals surface area contributed by atoms with Crippen molar-refractivity contribution in [1.29, 1.82) is 0 Å². The number of benzene rings is 3. The first kappa shape index (κ1) is 26.1. The van der Waals surface area contributed by atoms with Crippen molar-refractivity contribution in [3.05, 3.63) is 99.3 Å². The molecule has 3 aromatic rings. The van der Waals surface area contributed by atoms with Crippen molar-refractivity contribution in [1.82, 2.24) is 0 Å². The zero-order chi connectivity index (χ0) is 26.1. The molecule has 4 N–H and O–H groups in total. The summed E-state index contributed by atoms with van der Waals surface area (Å²) in [6.45, 7) is 0.183. The van der Waals surface area contributed by atoms with Gasteiger partial charge < -0.3 is 34.6 Å². The van der Waals surface area contributed by atoms with Crippen LogP contribution in [0, 0.1) is 5.82 Å². The lowest BCUT2D eigenvalue weighted by atomic mass is 9.90. The molecule has 0 saturated carbocycles. The normalized spacial score (nSPS) is 27.2. The van der Waals surface area contributed by atoms with Crippen LogP contribution in [-0.4, -0.2) is 58.1 Å². The Kier molecular flexibility index (Phi) is 7.78. The van der Waals surface area contributed by atoms with Crippen LogP contribution in [0.4, 0.5) is 4.39 Å². The summed E-state index contributed by atoms with van der Waals surface area (Å²) < 4.78 is 30.7. The van der Waals surface area contributed by atoms with Gasteiger partial charge in [-0.3, -0.25) is 0 Å². The molecular weight excluding hydrogens is 503 g/mol. The quantitative estimate of drug-likeness (QED) is 0.371. The van der Waals surface area contributed by atoms with E-state index in [0.717, 1.165) is 22.3 Å². The van der Waals surface area contributed by atoms with Gasteiger partial charge in [-0.15, -0.1) is 0 Å². The standard InChI is InChI=1S/C28H28ClFO7/c29-22-8-3-16(28-27(34)26(33)25(32)23(12-31)37-28)10-17(22)9-15-1-5-20(6-2-15)35-14-24-21-7-4-19(30)11-18(21)13-36-24/h1-8,10-11,23-28,31-34H,9,12-14H2/t23-,24+,25-,26+,27-,28+/m1/s1. The minimum Gasteiger partial charge on any atom is -0.491 e. The second kappa shape index (κ2) is 11.0. The fourth-order valence-electron chi connectivity index (χ4n) is 4.81. The van der Waals surface area contributed by atoms with Crippen LogP contribution < -0.4 is 4.74 Å². The Balaban J connectivity index is 1.24. The summed E-state index contributed by atoms with van der Waals surface area (Å²) in [5, 5.41) is 40.6. The van der Waals surface area contributed by atoms with Gasteiger partial charge >= 0.3 is 0 Å². The van der Waals surface area contributed by atoms with Crippen molar-refractivity contribution in [2.45, 2.75) is 49.7 Å². The first-order chi connectivity index (χ1) is 17.8. The van der Waals surface area contributed by atoms with E-state index in [1.165, 1.54) is 12.1 Å². The van der Waals surface area contributed by atoms with Gasteiger partial charge in [0.05, 0.1) is 13.2 Å². The summed E-state index contributed by atoms with van der Waals surface area (Å²) in [4.78, 5) is 0. The van der Waals surface area contributed by atoms with Crippen molar-refractivity contribution in [2.24, 2.45) is 0 Å². The van der Waals surface area contributed by atoms with Crippen LogP contribution in [-0.2, 0) is 22.5 Å². The molecule has 5 rings (SSSR count). The zero-order valence-corrected chi connectivity index (χ0v) is 20.6. The predicted molar refractivity (Wildman–Crippen MR) is 133 cm³/mol. The average molecular weight is 531 g/mol. The summed E-state index contributed by atoms with van der Waals surface area (Å²) in [5.41, 5.74) is 4.11. The summed E-state index contributed by atoms with van der Waals surface area (Å²) in [6, 6.07) is 17.4. The molecule has 6 atom stereocenters. The fraction of sp³-hybridized carbons (Fsp3) is 0.357. The van der Waals surface area contributed by atoms with Gasteiger partial charge in [0.15, 0.2) is 0 Å². The molecule has 0 amide bonds. The van der Waals surface area contributed by atoms with E-state index < -0.39 is 37.1 Å². The molecule has 196 valence electrons. The second-order valence-electron chi connectivity index (χ2n) is 9.37. The van der Waals surface area contributed by atoms with Crippen LogP contribution in [0.15, 0.2) is 60.7 Å². The van der Waals surface area contributed by atoms with Crippen molar-refractivity contribution in [3.63, 3.8) is 0 Å². The molecular formula is C28H28ClFO7. The van der Waals surface area contributed by atoms with Gasteiger partial charge in [-0.05, 0) is 64.6 Å². The zero-order valence-electron chi connectivity index (χ0n) is 19.8. The van der Waals surface area contributed by atoms with Gasteiger partial charge in [0.1, 0.15) is 54.8 Å². The number of hydrogen-bond donors (Lipinski definition) is 4. The highest BCUT2D eigenvalue weighted by Gasteiger charge is 2.44. The third kappa shape index (κ3) is 5.51. The molecule has 0 unspecified atom stereocenters. The van der Waals surface area contributed by atoms with E-state index in [9.17, 15) is 24.8 Å². The maximum atomic E-state index is 13.4. The SMILES string of the molecule is OC[C@H]1O[C@@H](c2ccc(Cl)c(Cc3ccc(OC[C@@H]4OCc5cc(F)ccc54)cc3)c2)[C@H](O)[C@@H](O)[C@@H]1O. The van der Waals surface area contributed by atoms with Crippen LogP contribution in [0.2, 0.25) is 5.02 Å². The molecule has 3 aromatic carbocycles. The Hall–Kier alpha value is -2.56. The molecule has 0 aliphatic carbocycles. The van der Waals surface area contributed by atoms with Gasteiger partial charge in [0.2, 0.25) is 0 Å². The number of hydrogen-bond acceptors (Lipinski definition) is 7. The number of aliphatic hydroxyl groups excluding tert-OH is 4. The van der Waals surface area contributed by atoms with E-state index in [1.54, 1.807) is 24.3 Å². The van der Waals surface area contributed by atoms with Gasteiger partial charge in [0.25, 0.3) is 0 Å². The Morgan fingerprint density at radius 1 is 0.946 bits per heavy atom. The van der Waals surface area contributed by atoms with E-state index >= 15 is 0 Å². The average Bonchev–Trinajstić information content (AvgIpc) is 3.30. The molecule has 1 saturated heterocycles. The van der Waals surface area contributed by atoms with E-state index in [-0.39, 0.29) is 11.9 Å². The summed E-state index contributed by atoms with van der Waals surface area (Å²) >= 11 is 6.44. The third-order valence-electron chi connectivity index (χ3n) is 6.90. The highest BCUT2D eigenvalue weighted by atomic mass is 35.5. The molecule has 37 heavy (non-hydrogen) atoms. The Morgan fingerprint density at radius 2 is 1.73 bits per heavy atom. The van der Waals surface area contributed by atoms with Crippen LogP contribution in [0.5, 0.6) is 5.75 Å². The smallest absolute Gasteiger partial charge is 0.123 e. The summed E-state index contributed by atoms with van der Waals surface area (Å²) in [7, 11) is 0. The van der Waals surface area contributed by atoms with Crippen LogP contribution in [0.1, 0.15) is 40.0 Å². The van der Waals surface area contributed by atoms with Crippen molar-refractivity contribution >= 4 is 11.6 Å². The first-order valence-electron chi connectivity index (χ1n) is 12.0. The minimum atomic E-state index is -1.45. The lowest BCUT2D eigenvalue weighted by Crippen LogP contribution is -2.55. The molecule has 1 fully saturated rings. The predicted octanol–water partition coefficient (Wildman–Crippen LogP) is 3.24. The van der Waals surface area contributed by atoms with Gasteiger partial charge in [-0.1, -0.05) is 41.9 Å². The van der Waals surface area contributed by atoms with Crippen molar-refractivity contribution in [2.75, 3.05) is 13.2 Å². The minimum absolute atomic E-state index is 0.251. The van der Waals surface area contributed by atoms with E-state index in [4.69, 9.17) is 25.8 Å². The molecule has 0 aromatic heterocycles. The molecule has 9 heteroatoms. The van der Waals surface area contributed by atoms with E-state index in [0.29, 0.717) is 36.0 Å². The summed E-state index contributed by atoms with van der Waals surface area (Å²) in [6.07, 6.45) is -5.90. The van der Waals surface area contributed by atoms with E-state index in [2.05, 4.69) is 0 Å². The number of aliphatic hydroxyl groups is 4. The van der Waals surface area contributed by atoms with Crippen LogP contribution in [0.3, 0.4) is 0 Å². The molecule has 0 spiro atoms. The van der Waals surface area contributed by atoms with Gasteiger partial charge in [-0.2, -0.15) is 0 Å². The highest BCUT2D eigenvalue weighted by Crippen LogP contribution is 2.35. The third-order valence-corrected chi connectivity index (χ3v) is 7.27. The number of rotatable bonds is 7. The fourth-order valence-corrected chi connectivity index (χ4v) is 5.00. The summed E-state index contributed by atoms with van der Waals surface area (Å²) in [5.74, 6) is 0.391. The first-order valence-corrected chi connectivity index (χ1v) is 12.4. The van der Waals surface area contributed by atoms with E-state index in [1.807, 2.05) is 24.3 Å². The number of fused-ring (bicyclic) bond motifs is 1. The molecule has 2 heterocycles. The van der Waals surface area contributed by atoms with Crippen molar-refractivity contribution in [3.8, 4) is 5.75 Å². The molecule has 0 radical (unpaired) electrons. The maximum Gasteiger partial charge on any atom is 0.123 e. The van der Waals surface area contributed by atoms with Crippen LogP contribution >= 0.6 is 11.6 Å². The molecule has 2 aliphatic rings. The van der Waals surface area contributed by atoms with Crippen LogP contribution in [0.25, 0.3) is 0 Å². The maximum absolute atomic E-state index is 13.4. The number of halogens is 2. The molecule has 7 nitrogen and oxygen atoms in total. The van der Waals surface area contributed by atoms with Crippen molar-refractivity contribution < 1.29 is 39.0 Å². The Morgan fingerprint density at radius 3 is 2.49 bits per heavy atom. The molecule has 2 aliphatic heterocycles. The lowest BCUT2D eigenvalue weighted by molar-refractivity contribution is -0.231. The van der Waals surface area contributed by atoms with Gasteiger partial charge in [0, 0.05) is 5.02 Å².